The van der Waals surface area contributed by atoms with Gasteiger partial charge in [0.05, 0.1) is 9.82 Å². The Hall–Kier alpha value is -1.67. The number of sulfone groups is 1. The number of ether oxygens (including phenoxy) is 1. The predicted octanol–water partition coefficient (Wildman–Crippen LogP) is 1.13. The first-order valence-corrected chi connectivity index (χ1v) is 8.13. The van der Waals surface area contributed by atoms with Gasteiger partial charge in [-0.05, 0) is 31.5 Å². The highest BCUT2D eigenvalue weighted by molar-refractivity contribution is 7.90. The molecule has 2 rings (SSSR count). The van der Waals surface area contributed by atoms with E-state index >= 15 is 0 Å². The lowest BCUT2D eigenvalue weighted by molar-refractivity contribution is -0.386. The number of nitro benzene ring substituents is 1. The molecule has 0 radical (unpaired) electrons. The van der Waals surface area contributed by atoms with Crippen molar-refractivity contribution < 1.29 is 18.1 Å². The van der Waals surface area contributed by atoms with Crippen molar-refractivity contribution in [2.24, 2.45) is 0 Å². The maximum atomic E-state index is 11.4. The molecule has 0 unspecified atom stereocenters. The second kappa shape index (κ2) is 5.76. The van der Waals surface area contributed by atoms with E-state index in [1.54, 1.807) is 0 Å². The number of nitrogens with zero attached hydrogens (tertiary/aromatic N) is 1. The van der Waals surface area contributed by atoms with Gasteiger partial charge in [-0.2, -0.15) is 0 Å². The number of benzene rings is 1. The van der Waals surface area contributed by atoms with Crippen LogP contribution in [0.25, 0.3) is 0 Å². The summed E-state index contributed by atoms with van der Waals surface area (Å²) in [7, 11) is -3.48. The molecule has 1 aliphatic rings. The van der Waals surface area contributed by atoms with Crippen molar-refractivity contribution in [2.45, 2.75) is 23.8 Å². The minimum Gasteiger partial charge on any atom is -0.482 e. The van der Waals surface area contributed by atoms with Crippen LogP contribution in [0.3, 0.4) is 0 Å². The van der Waals surface area contributed by atoms with Crippen LogP contribution in [0.15, 0.2) is 23.1 Å². The molecular weight excluding hydrogens is 284 g/mol. The smallest absolute Gasteiger partial charge is 0.312 e. The van der Waals surface area contributed by atoms with Crippen molar-refractivity contribution >= 4 is 15.5 Å². The van der Waals surface area contributed by atoms with Crippen LogP contribution in [0.5, 0.6) is 5.75 Å². The van der Waals surface area contributed by atoms with Crippen molar-refractivity contribution in [1.82, 2.24) is 5.32 Å². The summed E-state index contributed by atoms with van der Waals surface area (Å²) in [4.78, 5) is 10.3. The fraction of sp³-hybridized carbons (Fsp3) is 0.500. The van der Waals surface area contributed by atoms with Gasteiger partial charge in [-0.1, -0.05) is 0 Å². The van der Waals surface area contributed by atoms with E-state index in [1.807, 2.05) is 0 Å². The maximum absolute atomic E-state index is 11.4. The fourth-order valence-corrected chi connectivity index (χ4v) is 2.71. The summed E-state index contributed by atoms with van der Waals surface area (Å²) in [5.74, 6) is 0.108. The zero-order valence-electron chi connectivity index (χ0n) is 11.0. The number of nitro groups is 1. The lowest BCUT2D eigenvalue weighted by atomic mass is 10.1. The summed E-state index contributed by atoms with van der Waals surface area (Å²) in [6, 6.07) is 3.72. The fourth-order valence-electron chi connectivity index (χ4n) is 2.07. The molecule has 110 valence electrons. The molecule has 20 heavy (non-hydrogen) atoms. The number of hydrogen-bond donors (Lipinski definition) is 1. The molecule has 1 heterocycles. The summed E-state index contributed by atoms with van der Waals surface area (Å²) >= 11 is 0. The highest BCUT2D eigenvalue weighted by Gasteiger charge is 2.23. The first-order valence-electron chi connectivity index (χ1n) is 6.24. The van der Waals surface area contributed by atoms with Gasteiger partial charge in [0, 0.05) is 18.9 Å². The van der Waals surface area contributed by atoms with Gasteiger partial charge in [-0.25, -0.2) is 8.42 Å². The maximum Gasteiger partial charge on any atom is 0.312 e. The standard InChI is InChI=1S/C12H16N2O5S/c1-20(17,18)10-4-5-12(11(7-10)14(15)16)19-9-3-2-6-13-8-9/h4-5,7,9,13H,2-3,6,8H2,1H3/t9-/m0/s1. The third-order valence-corrected chi connectivity index (χ3v) is 4.21. The average molecular weight is 300 g/mol. The Kier molecular flexibility index (Phi) is 4.24. The molecule has 1 fully saturated rings. The Bertz CT molecular complexity index is 608. The lowest BCUT2D eigenvalue weighted by Gasteiger charge is -2.23. The molecule has 1 aliphatic heterocycles. The van der Waals surface area contributed by atoms with Crippen molar-refractivity contribution in [3.05, 3.63) is 28.3 Å². The van der Waals surface area contributed by atoms with E-state index in [1.165, 1.54) is 12.1 Å². The van der Waals surface area contributed by atoms with Crippen LogP contribution in [0.2, 0.25) is 0 Å². The minimum absolute atomic E-state index is 0.0849. The van der Waals surface area contributed by atoms with Crippen LogP contribution in [0, 0.1) is 10.1 Å². The Balaban J connectivity index is 2.30. The Morgan fingerprint density at radius 2 is 2.20 bits per heavy atom. The van der Waals surface area contributed by atoms with Gasteiger partial charge >= 0.3 is 5.69 Å². The van der Waals surface area contributed by atoms with Gasteiger partial charge in [-0.15, -0.1) is 0 Å². The van der Waals surface area contributed by atoms with Crippen LogP contribution in [0.1, 0.15) is 12.8 Å². The predicted molar refractivity (Wildman–Crippen MR) is 72.7 cm³/mol. The molecule has 1 N–H and O–H groups in total. The largest absolute Gasteiger partial charge is 0.482 e. The number of nitrogens with one attached hydrogen (secondary N) is 1. The van der Waals surface area contributed by atoms with Crippen LogP contribution in [-0.4, -0.2) is 38.8 Å². The van der Waals surface area contributed by atoms with Crippen LogP contribution in [0.4, 0.5) is 5.69 Å². The van der Waals surface area contributed by atoms with Gasteiger partial charge < -0.3 is 10.1 Å². The lowest BCUT2D eigenvalue weighted by Crippen LogP contribution is -2.37. The molecule has 7 nitrogen and oxygen atoms in total. The molecule has 0 spiro atoms. The van der Waals surface area contributed by atoms with Gasteiger partial charge in [0.15, 0.2) is 15.6 Å². The highest BCUT2D eigenvalue weighted by atomic mass is 32.2. The molecule has 0 amide bonds. The second-order valence-corrected chi connectivity index (χ2v) is 6.76. The van der Waals surface area contributed by atoms with Crippen molar-refractivity contribution in [1.29, 1.82) is 0 Å². The quantitative estimate of drug-likeness (QED) is 0.661. The molecule has 1 atom stereocenters. The number of hydrogen-bond acceptors (Lipinski definition) is 6. The zero-order valence-corrected chi connectivity index (χ0v) is 11.9. The van der Waals surface area contributed by atoms with Crippen LogP contribution < -0.4 is 10.1 Å². The van der Waals surface area contributed by atoms with E-state index in [0.29, 0.717) is 6.54 Å². The molecule has 0 aliphatic carbocycles. The van der Waals surface area contributed by atoms with Gasteiger partial charge in [-0.3, -0.25) is 10.1 Å². The van der Waals surface area contributed by atoms with E-state index in [9.17, 15) is 18.5 Å². The third kappa shape index (κ3) is 3.45. The average Bonchev–Trinajstić information content (AvgIpc) is 2.38. The Morgan fingerprint density at radius 3 is 2.75 bits per heavy atom. The van der Waals surface area contributed by atoms with E-state index in [0.717, 1.165) is 31.7 Å². The zero-order chi connectivity index (χ0) is 14.8. The van der Waals surface area contributed by atoms with Crippen LogP contribution in [-0.2, 0) is 9.84 Å². The van der Waals surface area contributed by atoms with E-state index in [4.69, 9.17) is 4.74 Å². The van der Waals surface area contributed by atoms with Gasteiger partial charge in [0.2, 0.25) is 0 Å². The van der Waals surface area contributed by atoms with E-state index in [-0.39, 0.29) is 22.4 Å². The molecule has 8 heteroatoms. The topological polar surface area (TPSA) is 98.5 Å². The highest BCUT2D eigenvalue weighted by Crippen LogP contribution is 2.31. The first-order chi connectivity index (χ1) is 9.38. The molecule has 0 saturated carbocycles. The second-order valence-electron chi connectivity index (χ2n) is 4.75. The summed E-state index contributed by atoms with van der Waals surface area (Å²) < 4.78 is 28.5. The Labute approximate surface area is 117 Å². The molecule has 1 aromatic carbocycles. The molecule has 0 aromatic heterocycles. The summed E-state index contributed by atoms with van der Waals surface area (Å²) in [5, 5.41) is 14.2. The molecule has 1 aromatic rings. The first kappa shape index (κ1) is 14.7. The molecule has 1 saturated heterocycles. The van der Waals surface area contributed by atoms with Crippen molar-refractivity contribution in [3.8, 4) is 5.75 Å². The Morgan fingerprint density at radius 1 is 1.45 bits per heavy atom. The summed E-state index contributed by atoms with van der Waals surface area (Å²) in [5.41, 5.74) is -0.321. The van der Waals surface area contributed by atoms with E-state index in [2.05, 4.69) is 5.32 Å². The van der Waals surface area contributed by atoms with Crippen molar-refractivity contribution in [2.75, 3.05) is 19.3 Å². The number of piperidine rings is 1. The molecule has 0 bridgehead atoms. The monoisotopic (exact) mass is 300 g/mol. The summed E-state index contributed by atoms with van der Waals surface area (Å²) in [6.45, 7) is 1.54. The van der Waals surface area contributed by atoms with Crippen LogP contribution >= 0.6 is 0 Å². The number of rotatable bonds is 4. The normalized spacial score (nSPS) is 19.6. The van der Waals surface area contributed by atoms with Crippen molar-refractivity contribution in [3.63, 3.8) is 0 Å². The summed E-state index contributed by atoms with van der Waals surface area (Å²) in [6.07, 6.45) is 2.64. The SMILES string of the molecule is CS(=O)(=O)c1ccc(O[C@H]2CCCNC2)c([N+](=O)[O-])c1. The third-order valence-electron chi connectivity index (χ3n) is 3.10. The molecular formula is C12H16N2O5S. The van der Waals surface area contributed by atoms with Gasteiger partial charge in [0.1, 0.15) is 6.10 Å². The minimum atomic E-state index is -3.48. The van der Waals surface area contributed by atoms with E-state index < -0.39 is 14.8 Å². The van der Waals surface area contributed by atoms with Gasteiger partial charge in [0.25, 0.3) is 0 Å².